The maximum absolute atomic E-state index is 12.8. The summed E-state index contributed by atoms with van der Waals surface area (Å²) in [5, 5.41) is 4.80. The van der Waals surface area contributed by atoms with Crippen LogP contribution in [-0.4, -0.2) is 51.4 Å². The van der Waals surface area contributed by atoms with Crippen molar-refractivity contribution in [2.75, 3.05) is 6.54 Å². The lowest BCUT2D eigenvalue weighted by Crippen LogP contribution is -2.47. The van der Waals surface area contributed by atoms with Gasteiger partial charge < -0.3 is 16.0 Å². The van der Waals surface area contributed by atoms with E-state index in [0.29, 0.717) is 24.4 Å². The van der Waals surface area contributed by atoms with Crippen LogP contribution in [0.5, 0.6) is 0 Å². The molecule has 2 aromatic heterocycles. The van der Waals surface area contributed by atoms with Gasteiger partial charge >= 0.3 is 0 Å². The van der Waals surface area contributed by atoms with Gasteiger partial charge in [-0.25, -0.2) is 9.97 Å². The van der Waals surface area contributed by atoms with Gasteiger partial charge in [0.15, 0.2) is 5.82 Å². The quantitative estimate of drug-likeness (QED) is 0.856. The standard InChI is InChI=1S/C17H21N5O2S/c1-10(2)21-16(23)13-6-12(18)9-22(13)17(24)11-7-19-15(20-8-11)14-4-3-5-25-14/h3-5,7-8,10,12-13H,6,9,18H2,1-2H3,(H,21,23)/t12-,13-/m0/s1. The van der Waals surface area contributed by atoms with Gasteiger partial charge in [-0.2, -0.15) is 0 Å². The highest BCUT2D eigenvalue weighted by Crippen LogP contribution is 2.22. The molecule has 2 atom stereocenters. The minimum absolute atomic E-state index is 0.00897. The van der Waals surface area contributed by atoms with Gasteiger partial charge in [0.25, 0.3) is 5.91 Å². The molecule has 1 aliphatic rings. The number of nitrogens with two attached hydrogens (primary N) is 1. The predicted molar refractivity (Wildman–Crippen MR) is 96.0 cm³/mol. The second-order valence-electron chi connectivity index (χ2n) is 6.41. The Balaban J connectivity index is 1.77. The molecule has 1 saturated heterocycles. The molecule has 0 bridgehead atoms. The van der Waals surface area contributed by atoms with Crippen LogP contribution < -0.4 is 11.1 Å². The highest BCUT2D eigenvalue weighted by Gasteiger charge is 2.38. The van der Waals surface area contributed by atoms with Gasteiger partial charge in [-0.1, -0.05) is 6.07 Å². The van der Waals surface area contributed by atoms with E-state index in [9.17, 15) is 9.59 Å². The van der Waals surface area contributed by atoms with Crippen LogP contribution in [0.15, 0.2) is 29.9 Å². The van der Waals surface area contributed by atoms with Crippen LogP contribution in [0.1, 0.15) is 30.6 Å². The molecule has 132 valence electrons. The first kappa shape index (κ1) is 17.5. The second kappa shape index (κ2) is 7.28. The molecule has 3 heterocycles. The van der Waals surface area contributed by atoms with Gasteiger partial charge in [-0.3, -0.25) is 9.59 Å². The van der Waals surface area contributed by atoms with Crippen molar-refractivity contribution in [3.8, 4) is 10.7 Å². The molecule has 2 amide bonds. The molecule has 25 heavy (non-hydrogen) atoms. The first-order valence-corrected chi connectivity index (χ1v) is 9.06. The van der Waals surface area contributed by atoms with Crippen LogP contribution in [-0.2, 0) is 4.79 Å². The topological polar surface area (TPSA) is 101 Å². The average molecular weight is 359 g/mol. The smallest absolute Gasteiger partial charge is 0.257 e. The van der Waals surface area contributed by atoms with Crippen molar-refractivity contribution in [1.29, 1.82) is 0 Å². The molecule has 3 rings (SSSR count). The Morgan fingerprint density at radius 3 is 2.68 bits per heavy atom. The van der Waals surface area contributed by atoms with Crippen molar-refractivity contribution in [3.05, 3.63) is 35.5 Å². The van der Waals surface area contributed by atoms with Crippen LogP contribution in [0.4, 0.5) is 0 Å². The summed E-state index contributed by atoms with van der Waals surface area (Å²) in [7, 11) is 0. The number of amides is 2. The Bertz CT molecular complexity index is 745. The number of likely N-dealkylation sites (tertiary alicyclic amines) is 1. The molecule has 0 saturated carbocycles. The average Bonchev–Trinajstić information content (AvgIpc) is 3.23. The fraction of sp³-hybridized carbons (Fsp3) is 0.412. The summed E-state index contributed by atoms with van der Waals surface area (Å²) in [6.45, 7) is 4.12. The van der Waals surface area contributed by atoms with E-state index in [2.05, 4.69) is 15.3 Å². The molecular formula is C17H21N5O2S. The minimum Gasteiger partial charge on any atom is -0.352 e. The Labute approximate surface area is 150 Å². The summed E-state index contributed by atoms with van der Waals surface area (Å²) in [6.07, 6.45) is 3.47. The van der Waals surface area contributed by atoms with Crippen LogP contribution in [0.2, 0.25) is 0 Å². The molecule has 0 aromatic carbocycles. The molecule has 0 spiro atoms. The summed E-state index contributed by atoms with van der Waals surface area (Å²) < 4.78 is 0. The number of carbonyl (C=O) groups excluding carboxylic acids is 2. The van der Waals surface area contributed by atoms with Crippen molar-refractivity contribution in [3.63, 3.8) is 0 Å². The molecule has 8 heteroatoms. The number of nitrogens with zero attached hydrogens (tertiary/aromatic N) is 3. The SMILES string of the molecule is CC(C)NC(=O)[C@@H]1C[C@H](N)CN1C(=O)c1cnc(-c2cccs2)nc1. The molecule has 2 aromatic rings. The maximum Gasteiger partial charge on any atom is 0.257 e. The van der Waals surface area contributed by atoms with Crippen molar-refractivity contribution in [1.82, 2.24) is 20.2 Å². The first-order chi connectivity index (χ1) is 12.0. The number of nitrogens with one attached hydrogen (secondary N) is 1. The first-order valence-electron chi connectivity index (χ1n) is 8.18. The second-order valence-corrected chi connectivity index (χ2v) is 7.35. The fourth-order valence-corrected chi connectivity index (χ4v) is 3.53. The number of hydrogen-bond acceptors (Lipinski definition) is 6. The molecule has 7 nitrogen and oxygen atoms in total. The van der Waals surface area contributed by atoms with Crippen LogP contribution in [0.25, 0.3) is 10.7 Å². The molecule has 3 N–H and O–H groups in total. The highest BCUT2D eigenvalue weighted by molar-refractivity contribution is 7.13. The highest BCUT2D eigenvalue weighted by atomic mass is 32.1. The lowest BCUT2D eigenvalue weighted by molar-refractivity contribution is -0.125. The number of carbonyl (C=O) groups is 2. The normalized spacial score (nSPS) is 20.1. The van der Waals surface area contributed by atoms with Crippen molar-refractivity contribution in [2.45, 2.75) is 38.4 Å². The molecular weight excluding hydrogens is 338 g/mol. The zero-order valence-electron chi connectivity index (χ0n) is 14.2. The van der Waals surface area contributed by atoms with Crippen molar-refractivity contribution in [2.24, 2.45) is 5.73 Å². The Kier molecular flexibility index (Phi) is 5.10. The van der Waals surface area contributed by atoms with Crippen LogP contribution >= 0.6 is 11.3 Å². The summed E-state index contributed by atoms with van der Waals surface area (Å²) in [5.41, 5.74) is 6.34. The zero-order chi connectivity index (χ0) is 18.0. The van der Waals surface area contributed by atoms with Gasteiger partial charge in [0.1, 0.15) is 6.04 Å². The summed E-state index contributed by atoms with van der Waals surface area (Å²) in [5.74, 6) is 0.140. The third-order valence-corrected chi connectivity index (χ3v) is 4.83. The molecule has 1 fully saturated rings. The summed E-state index contributed by atoms with van der Waals surface area (Å²) in [6, 6.07) is 3.09. The molecule has 0 aliphatic carbocycles. The Hall–Kier alpha value is -2.32. The van der Waals surface area contributed by atoms with E-state index >= 15 is 0 Å². The van der Waals surface area contributed by atoms with Crippen LogP contribution in [0.3, 0.4) is 0 Å². The summed E-state index contributed by atoms with van der Waals surface area (Å²) >= 11 is 1.54. The van der Waals surface area contributed by atoms with Crippen molar-refractivity contribution < 1.29 is 9.59 Å². The Morgan fingerprint density at radius 2 is 2.08 bits per heavy atom. The number of aromatic nitrogens is 2. The van der Waals surface area contributed by atoms with Gasteiger partial charge in [0, 0.05) is 31.0 Å². The van der Waals surface area contributed by atoms with Gasteiger partial charge in [-0.05, 0) is 31.7 Å². The lowest BCUT2D eigenvalue weighted by atomic mass is 10.1. The number of thiophene rings is 1. The van der Waals surface area contributed by atoms with E-state index in [4.69, 9.17) is 5.73 Å². The Morgan fingerprint density at radius 1 is 1.36 bits per heavy atom. The van der Waals surface area contributed by atoms with E-state index < -0.39 is 6.04 Å². The van der Waals surface area contributed by atoms with Gasteiger partial charge in [-0.15, -0.1) is 11.3 Å². The maximum atomic E-state index is 12.8. The van der Waals surface area contributed by atoms with Gasteiger partial charge in [0.05, 0.1) is 10.4 Å². The van der Waals surface area contributed by atoms with Crippen LogP contribution in [0, 0.1) is 0 Å². The number of hydrogen-bond donors (Lipinski definition) is 2. The largest absolute Gasteiger partial charge is 0.352 e. The third kappa shape index (κ3) is 3.85. The zero-order valence-corrected chi connectivity index (χ0v) is 15.0. The number of rotatable bonds is 4. The van der Waals surface area contributed by atoms with E-state index in [0.717, 1.165) is 4.88 Å². The molecule has 1 aliphatic heterocycles. The third-order valence-electron chi connectivity index (χ3n) is 3.97. The lowest BCUT2D eigenvalue weighted by Gasteiger charge is -2.24. The van der Waals surface area contributed by atoms with E-state index in [-0.39, 0.29) is 23.9 Å². The van der Waals surface area contributed by atoms with E-state index in [1.807, 2.05) is 31.4 Å². The minimum atomic E-state index is -0.554. The fourth-order valence-electron chi connectivity index (χ4n) is 2.86. The molecule has 0 unspecified atom stereocenters. The van der Waals surface area contributed by atoms with Gasteiger partial charge in [0.2, 0.25) is 5.91 Å². The van der Waals surface area contributed by atoms with Crippen molar-refractivity contribution >= 4 is 23.2 Å². The monoisotopic (exact) mass is 359 g/mol. The van der Waals surface area contributed by atoms with E-state index in [1.165, 1.54) is 28.6 Å². The molecule has 0 radical (unpaired) electrons. The summed E-state index contributed by atoms with van der Waals surface area (Å²) in [4.78, 5) is 36.2. The predicted octanol–water partition coefficient (Wildman–Crippen LogP) is 1.27. The van der Waals surface area contributed by atoms with E-state index in [1.54, 1.807) is 0 Å².